The molecule has 1 fully saturated rings. The molecule has 0 aromatic heterocycles. The van der Waals surface area contributed by atoms with Crippen LogP contribution >= 0.6 is 23.2 Å². The van der Waals surface area contributed by atoms with Crippen molar-refractivity contribution >= 4 is 29.1 Å². The van der Waals surface area contributed by atoms with E-state index in [4.69, 9.17) is 27.9 Å². The van der Waals surface area contributed by atoms with Gasteiger partial charge < -0.3 is 15.0 Å². The molecule has 1 unspecified atom stereocenters. The number of carbonyl (C=O) groups excluding carboxylic acids is 1. The lowest BCUT2D eigenvalue weighted by atomic mass is 10.1. The van der Waals surface area contributed by atoms with Gasteiger partial charge in [-0.3, -0.25) is 4.79 Å². The molecule has 4 nitrogen and oxygen atoms in total. The van der Waals surface area contributed by atoms with Crippen molar-refractivity contribution < 1.29 is 9.53 Å². The highest BCUT2D eigenvalue weighted by Crippen LogP contribution is 2.25. The van der Waals surface area contributed by atoms with Gasteiger partial charge in [0.2, 0.25) is 0 Å². The number of hydrogen-bond donors (Lipinski definition) is 1. The van der Waals surface area contributed by atoms with E-state index in [9.17, 15) is 4.79 Å². The lowest BCUT2D eigenvalue weighted by Crippen LogP contribution is -2.45. The summed E-state index contributed by atoms with van der Waals surface area (Å²) >= 11 is 12.3. The van der Waals surface area contributed by atoms with Gasteiger partial charge in [-0.1, -0.05) is 47.5 Å². The van der Waals surface area contributed by atoms with E-state index >= 15 is 0 Å². The number of carbonyl (C=O) groups is 1. The average Bonchev–Trinajstić information content (AvgIpc) is 3.15. The Kier molecular flexibility index (Phi) is 7.00. The van der Waals surface area contributed by atoms with Crippen molar-refractivity contribution in [2.75, 3.05) is 13.1 Å². The molecule has 0 saturated carbocycles. The van der Waals surface area contributed by atoms with Gasteiger partial charge in [0, 0.05) is 24.2 Å². The van der Waals surface area contributed by atoms with Gasteiger partial charge in [-0.2, -0.15) is 0 Å². The van der Waals surface area contributed by atoms with Crippen molar-refractivity contribution in [3.8, 4) is 5.75 Å². The zero-order chi connectivity index (χ0) is 19.2. The Morgan fingerprint density at radius 1 is 1.26 bits per heavy atom. The minimum Gasteiger partial charge on any atom is -0.479 e. The Morgan fingerprint density at radius 2 is 2.07 bits per heavy atom. The highest BCUT2D eigenvalue weighted by Gasteiger charge is 2.26. The summed E-state index contributed by atoms with van der Waals surface area (Å²) in [6.07, 6.45) is 1.57. The summed E-state index contributed by atoms with van der Waals surface area (Å²) in [6, 6.07) is 15.1. The molecule has 0 spiro atoms. The SMILES string of the molecule is CC(Oc1ccccc1Cl)C(=O)N(Cc1cccc(Cl)c1)C[C@H]1CCCN1. The number of nitrogens with zero attached hydrogens (tertiary/aromatic N) is 1. The second kappa shape index (κ2) is 9.45. The van der Waals surface area contributed by atoms with Crippen LogP contribution in [0, 0.1) is 0 Å². The third-order valence-electron chi connectivity index (χ3n) is 4.67. The van der Waals surface area contributed by atoms with E-state index in [2.05, 4.69) is 5.32 Å². The first-order chi connectivity index (χ1) is 13.0. The molecule has 1 amide bonds. The number of hydrogen-bond acceptors (Lipinski definition) is 3. The fourth-order valence-electron chi connectivity index (χ4n) is 3.31. The van der Waals surface area contributed by atoms with Gasteiger partial charge in [0.25, 0.3) is 5.91 Å². The summed E-state index contributed by atoms with van der Waals surface area (Å²) in [7, 11) is 0. The second-order valence-corrected chi connectivity index (χ2v) is 7.68. The first-order valence-corrected chi connectivity index (χ1v) is 9.96. The molecule has 2 aromatic carbocycles. The molecule has 6 heteroatoms. The predicted molar refractivity (Wildman–Crippen MR) is 109 cm³/mol. The van der Waals surface area contributed by atoms with Gasteiger partial charge in [-0.05, 0) is 56.1 Å². The van der Waals surface area contributed by atoms with Gasteiger partial charge >= 0.3 is 0 Å². The molecule has 144 valence electrons. The van der Waals surface area contributed by atoms with Crippen LogP contribution in [0.3, 0.4) is 0 Å². The molecule has 0 radical (unpaired) electrons. The van der Waals surface area contributed by atoms with Crippen LogP contribution in [-0.4, -0.2) is 36.0 Å². The van der Waals surface area contributed by atoms with Crippen molar-refractivity contribution in [2.45, 2.75) is 38.5 Å². The second-order valence-electron chi connectivity index (χ2n) is 6.83. The first kappa shape index (κ1) is 20.0. The Morgan fingerprint density at radius 3 is 2.78 bits per heavy atom. The fourth-order valence-corrected chi connectivity index (χ4v) is 3.70. The number of rotatable bonds is 7. The third kappa shape index (κ3) is 5.61. The Labute approximate surface area is 170 Å². The van der Waals surface area contributed by atoms with Gasteiger partial charge in [-0.25, -0.2) is 0 Å². The maximum atomic E-state index is 13.1. The average molecular weight is 407 g/mol. The highest BCUT2D eigenvalue weighted by molar-refractivity contribution is 6.32. The molecule has 3 rings (SSSR count). The van der Waals surface area contributed by atoms with Crippen molar-refractivity contribution in [1.29, 1.82) is 0 Å². The molecule has 1 aliphatic rings. The van der Waals surface area contributed by atoms with Gasteiger partial charge in [0.15, 0.2) is 6.10 Å². The van der Waals surface area contributed by atoms with E-state index in [-0.39, 0.29) is 5.91 Å². The van der Waals surface area contributed by atoms with Crippen LogP contribution in [-0.2, 0) is 11.3 Å². The van der Waals surface area contributed by atoms with Crippen LogP contribution in [0.25, 0.3) is 0 Å². The summed E-state index contributed by atoms with van der Waals surface area (Å²) in [6.45, 7) is 3.89. The number of ether oxygens (including phenoxy) is 1. The molecule has 1 aliphatic heterocycles. The third-order valence-corrected chi connectivity index (χ3v) is 5.21. The number of nitrogens with one attached hydrogen (secondary N) is 1. The van der Waals surface area contributed by atoms with Crippen LogP contribution in [0.15, 0.2) is 48.5 Å². The van der Waals surface area contributed by atoms with Crippen LogP contribution in [0.4, 0.5) is 0 Å². The van der Waals surface area contributed by atoms with Crippen LogP contribution in [0.1, 0.15) is 25.3 Å². The molecular weight excluding hydrogens is 383 g/mol. The maximum Gasteiger partial charge on any atom is 0.263 e. The predicted octanol–water partition coefficient (Wildman–Crippen LogP) is 4.54. The van der Waals surface area contributed by atoms with E-state index in [1.54, 1.807) is 19.1 Å². The summed E-state index contributed by atoms with van der Waals surface area (Å²) in [5.74, 6) is 0.449. The minimum atomic E-state index is -0.634. The van der Waals surface area contributed by atoms with Crippen LogP contribution in [0.5, 0.6) is 5.75 Å². The Bertz CT molecular complexity index is 778. The van der Waals surface area contributed by atoms with Crippen molar-refractivity contribution in [3.05, 3.63) is 64.1 Å². The monoisotopic (exact) mass is 406 g/mol. The van der Waals surface area contributed by atoms with Crippen molar-refractivity contribution in [1.82, 2.24) is 10.2 Å². The fraction of sp³-hybridized carbons (Fsp3) is 0.381. The molecular formula is C21H24Cl2N2O2. The van der Waals surface area contributed by atoms with Crippen molar-refractivity contribution in [2.24, 2.45) is 0 Å². The summed E-state index contributed by atoms with van der Waals surface area (Å²) in [5.41, 5.74) is 0.999. The quantitative estimate of drug-likeness (QED) is 0.733. The molecule has 1 heterocycles. The summed E-state index contributed by atoms with van der Waals surface area (Å²) < 4.78 is 5.84. The lowest BCUT2D eigenvalue weighted by molar-refractivity contribution is -0.139. The molecule has 27 heavy (non-hydrogen) atoms. The molecule has 1 N–H and O–H groups in total. The minimum absolute atomic E-state index is 0.0661. The Balaban J connectivity index is 1.73. The molecule has 0 bridgehead atoms. The topological polar surface area (TPSA) is 41.6 Å². The van der Waals surface area contributed by atoms with Gasteiger partial charge in [0.1, 0.15) is 5.75 Å². The van der Waals surface area contributed by atoms with E-state index < -0.39 is 6.10 Å². The zero-order valence-corrected chi connectivity index (χ0v) is 16.8. The van der Waals surface area contributed by atoms with E-state index in [0.29, 0.717) is 34.9 Å². The first-order valence-electron chi connectivity index (χ1n) is 9.20. The number of amides is 1. The zero-order valence-electron chi connectivity index (χ0n) is 15.3. The highest BCUT2D eigenvalue weighted by atomic mass is 35.5. The Hall–Kier alpha value is -1.75. The van der Waals surface area contributed by atoms with E-state index in [1.807, 2.05) is 41.3 Å². The maximum absolute atomic E-state index is 13.1. The largest absolute Gasteiger partial charge is 0.479 e. The molecule has 0 aliphatic carbocycles. The molecule has 1 saturated heterocycles. The molecule has 2 aromatic rings. The number of halogens is 2. The summed E-state index contributed by atoms with van der Waals surface area (Å²) in [4.78, 5) is 15.0. The van der Waals surface area contributed by atoms with Gasteiger partial charge in [0.05, 0.1) is 5.02 Å². The number of para-hydroxylation sites is 1. The van der Waals surface area contributed by atoms with Crippen LogP contribution in [0.2, 0.25) is 10.0 Å². The van der Waals surface area contributed by atoms with E-state index in [1.165, 1.54) is 0 Å². The number of benzene rings is 2. The normalized spacial score (nSPS) is 17.5. The lowest BCUT2D eigenvalue weighted by Gasteiger charge is -2.29. The van der Waals surface area contributed by atoms with Gasteiger partial charge in [-0.15, -0.1) is 0 Å². The van der Waals surface area contributed by atoms with Crippen LogP contribution < -0.4 is 10.1 Å². The smallest absolute Gasteiger partial charge is 0.263 e. The molecule has 2 atom stereocenters. The summed E-state index contributed by atoms with van der Waals surface area (Å²) in [5, 5.41) is 4.62. The van der Waals surface area contributed by atoms with Crippen molar-refractivity contribution in [3.63, 3.8) is 0 Å². The standard InChI is InChI=1S/C21H24Cl2N2O2/c1-15(27-20-10-3-2-9-19(20)23)21(26)25(14-18-8-5-11-24-18)13-16-6-4-7-17(22)12-16/h2-4,6-7,9-10,12,15,18,24H,5,8,11,13-14H2,1H3/t15?,18-/m1/s1. The van der Waals surface area contributed by atoms with E-state index in [0.717, 1.165) is 24.9 Å².